The lowest BCUT2D eigenvalue weighted by Crippen LogP contribution is -2.65. The molecule has 5 N–H and O–H groups in total. The van der Waals surface area contributed by atoms with Crippen molar-refractivity contribution in [1.29, 1.82) is 0 Å². The summed E-state index contributed by atoms with van der Waals surface area (Å²) in [7, 11) is 0. The minimum Gasteiger partial charge on any atom is -0.479 e. The molecule has 2 unspecified atom stereocenters. The molecule has 0 spiro atoms. The van der Waals surface area contributed by atoms with Crippen molar-refractivity contribution in [2.45, 2.75) is 25.0 Å². The number of alkyl halides is 1. The molecule has 19 heavy (non-hydrogen) atoms. The predicted molar refractivity (Wildman–Crippen MR) is 74.4 cm³/mol. The topological polar surface area (TPSA) is 108 Å². The molecular weight excluding hydrogens is 316 g/mol. The summed E-state index contributed by atoms with van der Waals surface area (Å²) in [5.41, 5.74) is 1.20. The third kappa shape index (κ3) is 3.75. The molecule has 2 atom stereocenters. The van der Waals surface area contributed by atoms with E-state index in [1.165, 1.54) is 6.08 Å². The van der Waals surface area contributed by atoms with Crippen molar-refractivity contribution in [2.24, 2.45) is 5.84 Å². The Morgan fingerprint density at radius 2 is 2.32 bits per heavy atom. The van der Waals surface area contributed by atoms with E-state index in [1.807, 2.05) is 11.8 Å². The van der Waals surface area contributed by atoms with E-state index < -0.39 is 11.5 Å². The van der Waals surface area contributed by atoms with Crippen LogP contribution in [0.4, 0.5) is 0 Å². The van der Waals surface area contributed by atoms with Gasteiger partial charge in [0.15, 0.2) is 5.54 Å². The maximum Gasteiger partial charge on any atom is 0.334 e. The van der Waals surface area contributed by atoms with Gasteiger partial charge in [-0.05, 0) is 19.0 Å². The Bertz CT molecular complexity index is 377. The van der Waals surface area contributed by atoms with Gasteiger partial charge in [-0.2, -0.15) is 0 Å². The highest BCUT2D eigenvalue weighted by molar-refractivity contribution is 9.09. The van der Waals surface area contributed by atoms with Crippen molar-refractivity contribution in [3.63, 3.8) is 0 Å². The lowest BCUT2D eigenvalue weighted by Gasteiger charge is -2.40. The third-order valence-electron chi connectivity index (χ3n) is 2.96. The molecule has 0 saturated carbocycles. The van der Waals surface area contributed by atoms with E-state index in [1.54, 1.807) is 6.08 Å². The van der Waals surface area contributed by atoms with Crippen LogP contribution < -0.4 is 16.6 Å². The number of carboxylic acid groups (broad SMARTS) is 1. The monoisotopic (exact) mass is 334 g/mol. The van der Waals surface area contributed by atoms with Crippen LogP contribution in [0.5, 0.6) is 0 Å². The van der Waals surface area contributed by atoms with Crippen molar-refractivity contribution in [3.05, 3.63) is 12.2 Å². The van der Waals surface area contributed by atoms with Crippen LogP contribution in [0.1, 0.15) is 13.3 Å². The SMILES string of the molecule is CCCN1CC(NC(=O)CBr)(C(=O)O)C=CC1NN. The van der Waals surface area contributed by atoms with E-state index in [0.29, 0.717) is 6.54 Å². The zero-order valence-corrected chi connectivity index (χ0v) is 12.3. The van der Waals surface area contributed by atoms with E-state index in [2.05, 4.69) is 26.7 Å². The first kappa shape index (κ1) is 16.1. The van der Waals surface area contributed by atoms with Crippen molar-refractivity contribution < 1.29 is 14.7 Å². The molecule has 0 aliphatic carbocycles. The maximum absolute atomic E-state index is 11.5. The number of carboxylic acids is 1. The predicted octanol–water partition coefficient (Wildman–Crippen LogP) is -0.608. The van der Waals surface area contributed by atoms with Crippen molar-refractivity contribution in [1.82, 2.24) is 15.6 Å². The summed E-state index contributed by atoms with van der Waals surface area (Å²) in [6, 6.07) is 0. The summed E-state index contributed by atoms with van der Waals surface area (Å²) < 4.78 is 0. The summed E-state index contributed by atoms with van der Waals surface area (Å²) >= 11 is 3.01. The molecule has 1 amide bonds. The van der Waals surface area contributed by atoms with Gasteiger partial charge in [0, 0.05) is 6.54 Å². The zero-order valence-electron chi connectivity index (χ0n) is 10.7. The van der Waals surface area contributed by atoms with E-state index in [4.69, 9.17) is 5.84 Å². The van der Waals surface area contributed by atoms with Crippen LogP contribution in [0.15, 0.2) is 12.2 Å². The van der Waals surface area contributed by atoms with Gasteiger partial charge in [-0.3, -0.25) is 15.5 Å². The summed E-state index contributed by atoms with van der Waals surface area (Å²) in [5.74, 6) is 3.97. The molecule has 108 valence electrons. The fraction of sp³-hybridized carbons (Fsp3) is 0.636. The van der Waals surface area contributed by atoms with Crippen LogP contribution in [0.25, 0.3) is 0 Å². The van der Waals surface area contributed by atoms with Gasteiger partial charge in [-0.25, -0.2) is 10.2 Å². The third-order valence-corrected chi connectivity index (χ3v) is 3.47. The fourth-order valence-corrected chi connectivity index (χ4v) is 2.21. The average Bonchev–Trinajstić information content (AvgIpc) is 2.39. The molecule has 0 bridgehead atoms. The number of amides is 1. The van der Waals surface area contributed by atoms with Crippen LogP contribution >= 0.6 is 15.9 Å². The first-order valence-corrected chi connectivity index (χ1v) is 7.11. The van der Waals surface area contributed by atoms with Gasteiger partial charge in [0.2, 0.25) is 5.91 Å². The minimum atomic E-state index is -1.41. The van der Waals surface area contributed by atoms with Gasteiger partial charge >= 0.3 is 5.97 Å². The highest BCUT2D eigenvalue weighted by atomic mass is 79.9. The van der Waals surface area contributed by atoms with Crippen molar-refractivity contribution in [2.75, 3.05) is 18.4 Å². The largest absolute Gasteiger partial charge is 0.479 e. The van der Waals surface area contributed by atoms with E-state index in [-0.39, 0.29) is 23.9 Å². The van der Waals surface area contributed by atoms with E-state index in [0.717, 1.165) is 6.42 Å². The summed E-state index contributed by atoms with van der Waals surface area (Å²) in [4.78, 5) is 24.9. The first-order chi connectivity index (χ1) is 8.99. The van der Waals surface area contributed by atoms with Crippen molar-refractivity contribution >= 4 is 27.8 Å². The molecule has 0 radical (unpaired) electrons. The average molecular weight is 335 g/mol. The number of hydrogen-bond acceptors (Lipinski definition) is 5. The number of nitrogens with one attached hydrogen (secondary N) is 2. The van der Waals surface area contributed by atoms with Gasteiger partial charge < -0.3 is 10.4 Å². The number of hydrogen-bond donors (Lipinski definition) is 4. The minimum absolute atomic E-state index is 0.0578. The summed E-state index contributed by atoms with van der Waals surface area (Å²) in [6.07, 6.45) is 3.76. The lowest BCUT2D eigenvalue weighted by molar-refractivity contribution is -0.146. The Kier molecular flexibility index (Phi) is 5.92. The Hall–Kier alpha value is -0.960. The Labute approximate surface area is 120 Å². The molecule has 0 saturated heterocycles. The number of halogens is 1. The molecule has 0 aromatic heterocycles. The number of nitrogens with two attached hydrogens (primary N) is 1. The highest BCUT2D eigenvalue weighted by Crippen LogP contribution is 2.19. The number of hydrazine groups is 1. The molecule has 8 heteroatoms. The fourth-order valence-electron chi connectivity index (χ4n) is 2.07. The van der Waals surface area contributed by atoms with Gasteiger partial charge in [0.05, 0.1) is 11.5 Å². The smallest absolute Gasteiger partial charge is 0.334 e. The molecule has 7 nitrogen and oxygen atoms in total. The van der Waals surface area contributed by atoms with Gasteiger partial charge in [-0.15, -0.1) is 0 Å². The first-order valence-electron chi connectivity index (χ1n) is 5.99. The standard InChI is InChI=1S/C11H19BrN4O3/c1-2-5-16-7-11(10(18)19,14-9(17)6-12)4-3-8(16)15-13/h3-4,8,15H,2,5-7,13H2,1H3,(H,14,17)(H,18,19). The van der Waals surface area contributed by atoms with E-state index in [9.17, 15) is 14.7 Å². The molecule has 0 fully saturated rings. The Balaban J connectivity index is 2.99. The normalized spacial score (nSPS) is 27.2. The number of carbonyl (C=O) groups is 2. The second-order valence-corrected chi connectivity index (χ2v) is 4.96. The highest BCUT2D eigenvalue weighted by Gasteiger charge is 2.42. The number of carbonyl (C=O) groups excluding carboxylic acids is 1. The molecule has 1 heterocycles. The second-order valence-electron chi connectivity index (χ2n) is 4.40. The number of aliphatic carboxylic acids is 1. The van der Waals surface area contributed by atoms with Crippen LogP contribution in [0, 0.1) is 0 Å². The van der Waals surface area contributed by atoms with Crippen LogP contribution in [-0.2, 0) is 9.59 Å². The quantitative estimate of drug-likeness (QED) is 0.223. The summed E-state index contributed by atoms with van der Waals surface area (Å²) in [5, 5.41) is 12.0. The van der Waals surface area contributed by atoms with Gasteiger partial charge in [0.25, 0.3) is 0 Å². The number of nitrogens with zero attached hydrogens (tertiary/aromatic N) is 1. The van der Waals surface area contributed by atoms with Gasteiger partial charge in [0.1, 0.15) is 0 Å². The van der Waals surface area contributed by atoms with Gasteiger partial charge in [-0.1, -0.05) is 28.9 Å². The number of rotatable bonds is 6. The molecule has 1 aliphatic rings. The molecule has 0 aromatic carbocycles. The molecule has 1 aliphatic heterocycles. The van der Waals surface area contributed by atoms with Crippen LogP contribution in [0.2, 0.25) is 0 Å². The molecule has 1 rings (SSSR count). The van der Waals surface area contributed by atoms with Crippen LogP contribution in [-0.4, -0.2) is 52.0 Å². The zero-order chi connectivity index (χ0) is 14.5. The summed E-state index contributed by atoms with van der Waals surface area (Å²) in [6.45, 7) is 2.84. The maximum atomic E-state index is 11.5. The van der Waals surface area contributed by atoms with Crippen LogP contribution in [0.3, 0.4) is 0 Å². The molecule has 0 aromatic rings. The Morgan fingerprint density at radius 3 is 2.79 bits per heavy atom. The molecular formula is C11H19BrN4O3. The second kappa shape index (κ2) is 6.99. The van der Waals surface area contributed by atoms with E-state index >= 15 is 0 Å². The Morgan fingerprint density at radius 1 is 1.63 bits per heavy atom. The van der Waals surface area contributed by atoms with Crippen molar-refractivity contribution in [3.8, 4) is 0 Å². The lowest BCUT2D eigenvalue weighted by atomic mass is 9.93.